The van der Waals surface area contributed by atoms with E-state index in [4.69, 9.17) is 16.7 Å². The topological polar surface area (TPSA) is 83.5 Å². The third-order valence-corrected chi connectivity index (χ3v) is 4.66. The van der Waals surface area contributed by atoms with Gasteiger partial charge in [-0.25, -0.2) is 8.42 Å². The SMILES string of the molecule is CSCC[C@H](NS(=O)(=O)c1cccc(Cl)c1)C(=O)O. The normalized spacial score (nSPS) is 13.2. The first kappa shape index (κ1) is 16.3. The molecule has 0 unspecified atom stereocenters. The molecule has 106 valence electrons. The minimum absolute atomic E-state index is 0.0459. The van der Waals surface area contributed by atoms with Gasteiger partial charge in [0, 0.05) is 5.02 Å². The number of carbonyl (C=O) groups is 1. The molecule has 0 saturated heterocycles. The van der Waals surface area contributed by atoms with E-state index in [0.717, 1.165) is 0 Å². The molecule has 0 amide bonds. The lowest BCUT2D eigenvalue weighted by molar-refractivity contribution is -0.139. The maximum atomic E-state index is 12.0. The smallest absolute Gasteiger partial charge is 0.321 e. The number of sulfonamides is 1. The summed E-state index contributed by atoms with van der Waals surface area (Å²) in [6, 6.07) is 4.53. The van der Waals surface area contributed by atoms with Gasteiger partial charge in [0.25, 0.3) is 0 Å². The second-order valence-electron chi connectivity index (χ2n) is 3.75. The van der Waals surface area contributed by atoms with Gasteiger partial charge < -0.3 is 5.11 Å². The number of halogens is 1. The van der Waals surface area contributed by atoms with Crippen LogP contribution >= 0.6 is 23.4 Å². The molecular weight excluding hydrogens is 310 g/mol. The second-order valence-corrected chi connectivity index (χ2v) is 6.89. The predicted molar refractivity (Wildman–Crippen MR) is 76.2 cm³/mol. The number of aliphatic carboxylic acids is 1. The van der Waals surface area contributed by atoms with Gasteiger partial charge in [-0.2, -0.15) is 16.5 Å². The third-order valence-electron chi connectivity index (χ3n) is 2.31. The minimum atomic E-state index is -3.88. The van der Waals surface area contributed by atoms with Crippen molar-refractivity contribution >= 4 is 39.4 Å². The summed E-state index contributed by atoms with van der Waals surface area (Å²) in [6.07, 6.45) is 2.04. The van der Waals surface area contributed by atoms with Crippen LogP contribution in [0.5, 0.6) is 0 Å². The van der Waals surface area contributed by atoms with Gasteiger partial charge in [-0.15, -0.1) is 0 Å². The molecule has 0 aliphatic carbocycles. The summed E-state index contributed by atoms with van der Waals surface area (Å²) < 4.78 is 26.2. The highest BCUT2D eigenvalue weighted by molar-refractivity contribution is 7.98. The van der Waals surface area contributed by atoms with E-state index in [-0.39, 0.29) is 16.3 Å². The van der Waals surface area contributed by atoms with E-state index in [1.807, 2.05) is 6.26 Å². The summed E-state index contributed by atoms with van der Waals surface area (Å²) in [7, 11) is -3.88. The monoisotopic (exact) mass is 323 g/mol. The fraction of sp³-hybridized carbons (Fsp3) is 0.364. The summed E-state index contributed by atoms with van der Waals surface area (Å²) in [4.78, 5) is 11.0. The average molecular weight is 324 g/mol. The van der Waals surface area contributed by atoms with Crippen LogP contribution in [-0.4, -0.2) is 37.5 Å². The molecule has 19 heavy (non-hydrogen) atoms. The number of benzene rings is 1. The Bertz CT molecular complexity index is 547. The molecule has 0 spiro atoms. The van der Waals surface area contributed by atoms with E-state index < -0.39 is 22.0 Å². The van der Waals surface area contributed by atoms with Crippen molar-refractivity contribution in [2.75, 3.05) is 12.0 Å². The maximum Gasteiger partial charge on any atom is 0.321 e. The molecule has 1 rings (SSSR count). The van der Waals surface area contributed by atoms with E-state index >= 15 is 0 Å². The molecular formula is C11H14ClNO4S2. The lowest BCUT2D eigenvalue weighted by Gasteiger charge is -2.14. The molecule has 0 bridgehead atoms. The van der Waals surface area contributed by atoms with Crippen molar-refractivity contribution in [3.8, 4) is 0 Å². The van der Waals surface area contributed by atoms with Gasteiger partial charge in [0.05, 0.1) is 4.90 Å². The highest BCUT2D eigenvalue weighted by Gasteiger charge is 2.24. The standard InChI is InChI=1S/C11H14ClNO4S2/c1-18-6-5-10(11(14)15)13-19(16,17)9-4-2-3-8(12)7-9/h2-4,7,10,13H,5-6H2,1H3,(H,14,15)/t10-/m0/s1. The number of carboxylic acids is 1. The van der Waals surface area contributed by atoms with Gasteiger partial charge in [-0.1, -0.05) is 17.7 Å². The van der Waals surface area contributed by atoms with Crippen LogP contribution in [0.15, 0.2) is 29.2 Å². The Morgan fingerprint density at radius 2 is 2.21 bits per heavy atom. The van der Waals surface area contributed by atoms with Crippen molar-refractivity contribution in [3.05, 3.63) is 29.3 Å². The van der Waals surface area contributed by atoms with Crippen molar-refractivity contribution < 1.29 is 18.3 Å². The van der Waals surface area contributed by atoms with E-state index in [2.05, 4.69) is 4.72 Å². The third kappa shape index (κ3) is 5.02. The van der Waals surface area contributed by atoms with Crippen LogP contribution in [0.2, 0.25) is 5.02 Å². The highest BCUT2D eigenvalue weighted by atomic mass is 35.5. The van der Waals surface area contributed by atoms with Crippen LogP contribution in [0.25, 0.3) is 0 Å². The second kappa shape index (κ2) is 7.14. The summed E-state index contributed by atoms with van der Waals surface area (Å²) in [5, 5.41) is 9.28. The fourth-order valence-electron chi connectivity index (χ4n) is 1.36. The van der Waals surface area contributed by atoms with E-state index in [1.165, 1.54) is 30.0 Å². The Morgan fingerprint density at radius 3 is 2.74 bits per heavy atom. The molecule has 0 radical (unpaired) electrons. The number of hydrogen-bond donors (Lipinski definition) is 2. The zero-order valence-electron chi connectivity index (χ0n) is 10.2. The number of thioether (sulfide) groups is 1. The molecule has 0 fully saturated rings. The summed E-state index contributed by atoms with van der Waals surface area (Å²) >= 11 is 7.17. The first-order valence-corrected chi connectivity index (χ1v) is 8.62. The Balaban J connectivity index is 2.91. The molecule has 1 aromatic rings. The van der Waals surface area contributed by atoms with Gasteiger partial charge in [0.15, 0.2) is 0 Å². The largest absolute Gasteiger partial charge is 0.480 e. The summed E-state index contributed by atoms with van der Waals surface area (Å²) in [5.41, 5.74) is 0. The van der Waals surface area contributed by atoms with Crippen LogP contribution in [0, 0.1) is 0 Å². The number of nitrogens with one attached hydrogen (secondary N) is 1. The number of hydrogen-bond acceptors (Lipinski definition) is 4. The molecule has 1 atom stereocenters. The van der Waals surface area contributed by atoms with Crippen LogP contribution in [0.3, 0.4) is 0 Å². The molecule has 0 aromatic heterocycles. The quantitative estimate of drug-likeness (QED) is 0.799. The van der Waals surface area contributed by atoms with Crippen molar-refractivity contribution in [1.82, 2.24) is 4.72 Å². The van der Waals surface area contributed by atoms with Gasteiger partial charge in [-0.3, -0.25) is 4.79 Å². The van der Waals surface area contributed by atoms with Crippen molar-refractivity contribution in [3.63, 3.8) is 0 Å². The first-order chi connectivity index (χ1) is 8.86. The van der Waals surface area contributed by atoms with Crippen LogP contribution < -0.4 is 4.72 Å². The molecule has 0 saturated carbocycles. The Labute approximate surface area is 121 Å². The maximum absolute atomic E-state index is 12.0. The molecule has 0 aliphatic rings. The van der Waals surface area contributed by atoms with Gasteiger partial charge in [0.1, 0.15) is 6.04 Å². The van der Waals surface area contributed by atoms with E-state index in [9.17, 15) is 13.2 Å². The zero-order valence-corrected chi connectivity index (χ0v) is 12.6. The first-order valence-electron chi connectivity index (χ1n) is 5.36. The Hall–Kier alpha value is -0.760. The molecule has 1 aromatic carbocycles. The summed E-state index contributed by atoms with van der Waals surface area (Å²) in [6.45, 7) is 0. The Morgan fingerprint density at radius 1 is 1.53 bits per heavy atom. The number of carboxylic acid groups (broad SMARTS) is 1. The molecule has 8 heteroatoms. The lowest BCUT2D eigenvalue weighted by Crippen LogP contribution is -2.41. The lowest BCUT2D eigenvalue weighted by atomic mass is 10.2. The van der Waals surface area contributed by atoms with Gasteiger partial charge >= 0.3 is 5.97 Å². The van der Waals surface area contributed by atoms with Gasteiger partial charge in [0.2, 0.25) is 10.0 Å². The fourth-order valence-corrected chi connectivity index (χ4v) is 3.35. The van der Waals surface area contributed by atoms with Crippen molar-refractivity contribution in [1.29, 1.82) is 0 Å². The minimum Gasteiger partial charge on any atom is -0.480 e. The molecule has 0 aliphatic heterocycles. The van der Waals surface area contributed by atoms with Gasteiger partial charge in [-0.05, 0) is 36.6 Å². The van der Waals surface area contributed by atoms with E-state index in [1.54, 1.807) is 6.07 Å². The molecule has 5 nitrogen and oxygen atoms in total. The highest BCUT2D eigenvalue weighted by Crippen LogP contribution is 2.16. The van der Waals surface area contributed by atoms with Crippen LogP contribution in [0.1, 0.15) is 6.42 Å². The van der Waals surface area contributed by atoms with E-state index in [0.29, 0.717) is 5.75 Å². The predicted octanol–water partition coefficient (Wildman–Crippen LogP) is 1.82. The van der Waals surface area contributed by atoms with Crippen molar-refractivity contribution in [2.24, 2.45) is 0 Å². The van der Waals surface area contributed by atoms with Crippen LogP contribution in [0.4, 0.5) is 0 Å². The van der Waals surface area contributed by atoms with Crippen molar-refractivity contribution in [2.45, 2.75) is 17.4 Å². The number of rotatable bonds is 7. The Kier molecular flexibility index (Phi) is 6.12. The van der Waals surface area contributed by atoms with Crippen LogP contribution in [-0.2, 0) is 14.8 Å². The molecule has 0 heterocycles. The zero-order chi connectivity index (χ0) is 14.5. The average Bonchev–Trinajstić information content (AvgIpc) is 2.34. The molecule has 2 N–H and O–H groups in total. The summed E-state index contributed by atoms with van der Waals surface area (Å²) in [5.74, 6) is -0.644.